The Balaban J connectivity index is 0.000000791. The van der Waals surface area contributed by atoms with Gasteiger partial charge in [-0.1, -0.05) is 0 Å². The summed E-state index contributed by atoms with van der Waals surface area (Å²) in [6.07, 6.45) is 0. The van der Waals surface area contributed by atoms with Crippen molar-refractivity contribution in [1.82, 2.24) is 0 Å². The molecule has 1 aromatic rings. The van der Waals surface area contributed by atoms with E-state index in [1.165, 1.54) is 18.2 Å². The zero-order valence-corrected chi connectivity index (χ0v) is 7.10. The topological polar surface area (TPSA) is 95.2 Å². The van der Waals surface area contributed by atoms with Crippen LogP contribution in [0.15, 0.2) is 18.2 Å². The average Bonchev–Trinajstić information content (AvgIpc) is 2.30. The number of rotatable bonds is 0. The largest absolute Gasteiger partial charge is 0.202 e. The first-order valence-corrected chi connectivity index (χ1v) is 3.41. The van der Waals surface area contributed by atoms with Gasteiger partial charge in [-0.05, 0) is 18.2 Å². The van der Waals surface area contributed by atoms with Gasteiger partial charge in [0.1, 0.15) is 0 Å². The van der Waals surface area contributed by atoms with Gasteiger partial charge in [0.05, 0.1) is 34.9 Å². The Kier molecular flexibility index (Phi) is 4.62. The summed E-state index contributed by atoms with van der Waals surface area (Å²) >= 11 is 0. The molecule has 0 N–H and O–H groups in total. The van der Waals surface area contributed by atoms with E-state index in [1.807, 2.05) is 18.2 Å². The fourth-order valence-corrected chi connectivity index (χ4v) is 0.821. The minimum atomic E-state index is 0.339. The van der Waals surface area contributed by atoms with E-state index in [1.54, 1.807) is 0 Å². The zero-order chi connectivity index (χ0) is 11.0. The van der Waals surface area contributed by atoms with Crippen LogP contribution in [0.1, 0.15) is 16.7 Å². The average molecular weight is 180 g/mol. The maximum atomic E-state index is 8.51. The van der Waals surface area contributed by atoms with Crippen LogP contribution < -0.4 is 0 Å². The Morgan fingerprint density at radius 2 is 0.929 bits per heavy atom. The minimum Gasteiger partial charge on any atom is -0.202 e. The number of nitriles is 4. The van der Waals surface area contributed by atoms with Gasteiger partial charge in [0.2, 0.25) is 0 Å². The summed E-state index contributed by atoms with van der Waals surface area (Å²) in [5.41, 5.74) is 1.02. The standard InChI is InChI=1S/C9H3N3.CHN/c10-4-7-1-8(5-11)3-9(2-7)6-12;1-2/h1-3H;1H. The third-order valence-corrected chi connectivity index (χ3v) is 1.32. The van der Waals surface area contributed by atoms with Crippen LogP contribution in [0.2, 0.25) is 0 Å². The zero-order valence-electron chi connectivity index (χ0n) is 7.10. The lowest BCUT2D eigenvalue weighted by Crippen LogP contribution is -1.82. The Hall–Kier alpha value is -2.82. The second kappa shape index (κ2) is 5.78. The summed E-state index contributed by atoms with van der Waals surface area (Å²) in [6, 6.07) is 9.96. The summed E-state index contributed by atoms with van der Waals surface area (Å²) in [5.74, 6) is 0. The third-order valence-electron chi connectivity index (χ3n) is 1.32. The Labute approximate surface area is 81.5 Å². The van der Waals surface area contributed by atoms with Gasteiger partial charge >= 0.3 is 0 Å². The van der Waals surface area contributed by atoms with Gasteiger partial charge in [0.15, 0.2) is 0 Å². The molecule has 0 aromatic heterocycles. The molecule has 0 amide bonds. The van der Waals surface area contributed by atoms with Crippen molar-refractivity contribution >= 4 is 0 Å². The molecule has 0 aliphatic rings. The van der Waals surface area contributed by atoms with Crippen molar-refractivity contribution in [1.29, 1.82) is 21.0 Å². The molecule has 0 radical (unpaired) electrons. The maximum Gasteiger partial charge on any atom is 0.0992 e. The quantitative estimate of drug-likeness (QED) is 0.603. The molecule has 0 saturated carbocycles. The number of nitrogens with zero attached hydrogens (tertiary/aromatic N) is 4. The molecule has 0 spiro atoms. The number of benzene rings is 1. The van der Waals surface area contributed by atoms with Gasteiger partial charge in [-0.25, -0.2) is 5.26 Å². The lowest BCUT2D eigenvalue weighted by Gasteiger charge is -1.91. The second-order valence-electron chi connectivity index (χ2n) is 2.13. The fraction of sp³-hybridized carbons (Fsp3) is 0. The highest BCUT2D eigenvalue weighted by Gasteiger charge is 1.98. The molecule has 1 rings (SSSR count). The molecule has 0 bridgehead atoms. The molecule has 64 valence electrons. The Morgan fingerprint density at radius 1 is 0.714 bits per heavy atom. The maximum absolute atomic E-state index is 8.51. The highest BCUT2D eigenvalue weighted by atomic mass is 14.3. The highest BCUT2D eigenvalue weighted by Crippen LogP contribution is 2.07. The van der Waals surface area contributed by atoms with Crippen LogP contribution in [0.5, 0.6) is 0 Å². The molecule has 0 unspecified atom stereocenters. The predicted octanol–water partition coefficient (Wildman–Crippen LogP) is 1.44. The van der Waals surface area contributed by atoms with Gasteiger partial charge in [-0.3, -0.25) is 0 Å². The summed E-state index contributed by atoms with van der Waals surface area (Å²) in [6.45, 7) is 3.50. The van der Waals surface area contributed by atoms with Gasteiger partial charge < -0.3 is 0 Å². The van der Waals surface area contributed by atoms with Crippen LogP contribution >= 0.6 is 0 Å². The molecule has 0 atom stereocenters. The monoisotopic (exact) mass is 180 g/mol. The van der Waals surface area contributed by atoms with Crippen molar-refractivity contribution in [3.63, 3.8) is 0 Å². The van der Waals surface area contributed by atoms with Crippen molar-refractivity contribution in [2.45, 2.75) is 0 Å². The van der Waals surface area contributed by atoms with Gasteiger partial charge in [-0.2, -0.15) is 15.8 Å². The SMILES string of the molecule is C#N.N#Cc1cc(C#N)cc(C#N)c1. The predicted molar refractivity (Wildman–Crippen MR) is 47.3 cm³/mol. The summed E-state index contributed by atoms with van der Waals surface area (Å²) < 4.78 is 0. The van der Waals surface area contributed by atoms with E-state index in [0.717, 1.165) is 0 Å². The van der Waals surface area contributed by atoms with Crippen LogP contribution in [0.3, 0.4) is 0 Å². The van der Waals surface area contributed by atoms with E-state index in [2.05, 4.69) is 6.57 Å². The molecular formula is C10H4N4. The van der Waals surface area contributed by atoms with Crippen molar-refractivity contribution in [3.8, 4) is 24.8 Å². The summed E-state index contributed by atoms with van der Waals surface area (Å²) in [4.78, 5) is 0. The Morgan fingerprint density at radius 3 is 1.07 bits per heavy atom. The molecule has 4 nitrogen and oxygen atoms in total. The smallest absolute Gasteiger partial charge is 0.0992 e. The van der Waals surface area contributed by atoms with E-state index in [4.69, 9.17) is 21.0 Å². The molecule has 4 heteroatoms. The fourth-order valence-electron chi connectivity index (χ4n) is 0.821. The highest BCUT2D eigenvalue weighted by molar-refractivity contribution is 5.46. The molecule has 0 heterocycles. The lowest BCUT2D eigenvalue weighted by atomic mass is 10.1. The third kappa shape index (κ3) is 2.67. The number of hydrogen-bond acceptors (Lipinski definition) is 4. The van der Waals surface area contributed by atoms with E-state index < -0.39 is 0 Å². The molecule has 0 aliphatic carbocycles. The van der Waals surface area contributed by atoms with E-state index in [9.17, 15) is 0 Å². The van der Waals surface area contributed by atoms with Gasteiger partial charge in [-0.15, -0.1) is 0 Å². The molecular weight excluding hydrogens is 176 g/mol. The normalized spacial score (nSPS) is 6.79. The van der Waals surface area contributed by atoms with Crippen LogP contribution in [-0.2, 0) is 0 Å². The van der Waals surface area contributed by atoms with Crippen molar-refractivity contribution in [2.75, 3.05) is 0 Å². The van der Waals surface area contributed by atoms with Crippen LogP contribution in [0.25, 0.3) is 0 Å². The van der Waals surface area contributed by atoms with Crippen LogP contribution in [0.4, 0.5) is 0 Å². The molecule has 0 saturated heterocycles. The van der Waals surface area contributed by atoms with Crippen LogP contribution in [-0.4, -0.2) is 0 Å². The van der Waals surface area contributed by atoms with Gasteiger partial charge in [0, 0.05) is 6.57 Å². The van der Waals surface area contributed by atoms with E-state index in [0.29, 0.717) is 16.7 Å². The first-order valence-electron chi connectivity index (χ1n) is 3.41. The molecule has 0 aliphatic heterocycles. The van der Waals surface area contributed by atoms with Crippen molar-refractivity contribution in [2.24, 2.45) is 0 Å². The van der Waals surface area contributed by atoms with E-state index >= 15 is 0 Å². The molecule has 0 fully saturated rings. The lowest BCUT2D eigenvalue weighted by molar-refractivity contribution is 1.42. The second-order valence-corrected chi connectivity index (χ2v) is 2.13. The van der Waals surface area contributed by atoms with Crippen LogP contribution in [0, 0.1) is 45.8 Å². The first-order chi connectivity index (χ1) is 6.80. The van der Waals surface area contributed by atoms with Gasteiger partial charge in [0.25, 0.3) is 0 Å². The summed E-state index contributed by atoms with van der Waals surface area (Å²) in [7, 11) is 0. The van der Waals surface area contributed by atoms with E-state index in [-0.39, 0.29) is 0 Å². The molecule has 1 aromatic carbocycles. The minimum absolute atomic E-state index is 0.339. The summed E-state index contributed by atoms with van der Waals surface area (Å²) in [5, 5.41) is 32.0. The van der Waals surface area contributed by atoms with Crippen molar-refractivity contribution < 1.29 is 0 Å². The number of hydrogen-bond donors (Lipinski definition) is 0. The Bertz CT molecular complexity index is 387. The van der Waals surface area contributed by atoms with Crippen molar-refractivity contribution in [3.05, 3.63) is 34.9 Å². The molecule has 14 heavy (non-hydrogen) atoms. The first kappa shape index (κ1) is 11.2.